The van der Waals surface area contributed by atoms with Crippen LogP contribution >= 0.6 is 0 Å². The van der Waals surface area contributed by atoms with Crippen LogP contribution in [0.15, 0.2) is 58.3 Å². The van der Waals surface area contributed by atoms with Gasteiger partial charge in [-0.15, -0.1) is 0 Å². The average Bonchev–Trinajstić information content (AvgIpc) is 2.77. The van der Waals surface area contributed by atoms with Gasteiger partial charge < -0.3 is 10.1 Å². The second-order valence-electron chi connectivity index (χ2n) is 7.74. The molecule has 1 heterocycles. The zero-order chi connectivity index (χ0) is 23.2. The number of hydrogen-bond acceptors (Lipinski definition) is 6. The van der Waals surface area contributed by atoms with Crippen LogP contribution in [0.1, 0.15) is 32.1 Å². The lowest BCUT2D eigenvalue weighted by Crippen LogP contribution is -2.35. The largest absolute Gasteiger partial charge is 0.494 e. The summed E-state index contributed by atoms with van der Waals surface area (Å²) < 4.78 is 55.6. The van der Waals surface area contributed by atoms with Gasteiger partial charge in [0.1, 0.15) is 5.75 Å². The maximum atomic E-state index is 12.8. The van der Waals surface area contributed by atoms with Gasteiger partial charge >= 0.3 is 0 Å². The van der Waals surface area contributed by atoms with E-state index >= 15 is 0 Å². The van der Waals surface area contributed by atoms with Crippen molar-refractivity contribution >= 4 is 31.5 Å². The van der Waals surface area contributed by atoms with Crippen molar-refractivity contribution in [3.63, 3.8) is 0 Å². The van der Waals surface area contributed by atoms with Gasteiger partial charge in [0.2, 0.25) is 15.9 Å². The number of sulfone groups is 1. The molecule has 2 aromatic rings. The molecule has 0 unspecified atom stereocenters. The molecule has 0 bridgehead atoms. The maximum Gasteiger partial charge on any atom is 0.243 e. The minimum absolute atomic E-state index is 0.179. The summed E-state index contributed by atoms with van der Waals surface area (Å²) in [5, 5.41) is 2.74. The van der Waals surface area contributed by atoms with Gasteiger partial charge in [-0.1, -0.05) is 12.5 Å². The highest BCUT2D eigenvalue weighted by Gasteiger charge is 2.26. The van der Waals surface area contributed by atoms with Crippen LogP contribution in [0.4, 0.5) is 5.69 Å². The van der Waals surface area contributed by atoms with E-state index in [1.807, 2.05) is 0 Å². The first kappa shape index (κ1) is 24.2. The minimum atomic E-state index is -3.56. The molecule has 0 saturated carbocycles. The van der Waals surface area contributed by atoms with E-state index in [0.29, 0.717) is 30.9 Å². The standard InChI is InChI=1S/C22H28N2O6S2/c1-31(26,27)20-12-10-19(11-13-20)30-16-6-9-22(25)23-18-7-5-8-21(17-18)32(28,29)24-14-3-2-4-15-24/h5,7-8,10-13,17H,2-4,6,9,14-16H2,1H3,(H,23,25). The van der Waals surface area contributed by atoms with Crippen molar-refractivity contribution in [3.05, 3.63) is 48.5 Å². The zero-order valence-corrected chi connectivity index (χ0v) is 19.6. The van der Waals surface area contributed by atoms with Gasteiger partial charge in [-0.3, -0.25) is 4.79 Å². The van der Waals surface area contributed by atoms with E-state index in [0.717, 1.165) is 25.5 Å². The molecular weight excluding hydrogens is 452 g/mol. The first-order chi connectivity index (χ1) is 15.2. The molecule has 1 saturated heterocycles. The molecule has 174 valence electrons. The predicted molar refractivity (Wildman–Crippen MR) is 122 cm³/mol. The van der Waals surface area contributed by atoms with E-state index in [1.54, 1.807) is 30.3 Å². The fourth-order valence-electron chi connectivity index (χ4n) is 3.42. The molecular formula is C22H28N2O6S2. The number of anilines is 1. The second kappa shape index (κ2) is 10.5. The highest BCUT2D eigenvalue weighted by molar-refractivity contribution is 7.90. The van der Waals surface area contributed by atoms with Crippen molar-refractivity contribution in [2.45, 2.75) is 41.9 Å². The Kier molecular flexibility index (Phi) is 7.91. The number of sulfonamides is 1. The van der Waals surface area contributed by atoms with Gasteiger partial charge in [-0.2, -0.15) is 4.31 Å². The molecule has 0 atom stereocenters. The first-order valence-corrected chi connectivity index (χ1v) is 13.8. The van der Waals surface area contributed by atoms with Crippen LogP contribution in [0.5, 0.6) is 5.75 Å². The second-order valence-corrected chi connectivity index (χ2v) is 11.7. The summed E-state index contributed by atoms with van der Waals surface area (Å²) in [6.07, 6.45) is 4.55. The summed E-state index contributed by atoms with van der Waals surface area (Å²) in [5.41, 5.74) is 0.436. The Morgan fingerprint density at radius 3 is 2.31 bits per heavy atom. The van der Waals surface area contributed by atoms with Gasteiger partial charge in [-0.25, -0.2) is 16.8 Å². The average molecular weight is 481 g/mol. The molecule has 1 N–H and O–H groups in total. The highest BCUT2D eigenvalue weighted by atomic mass is 32.2. The van der Waals surface area contributed by atoms with Crippen molar-refractivity contribution in [1.29, 1.82) is 0 Å². The number of rotatable bonds is 9. The summed E-state index contributed by atoms with van der Waals surface area (Å²) >= 11 is 0. The van der Waals surface area contributed by atoms with Crippen molar-refractivity contribution < 1.29 is 26.4 Å². The smallest absolute Gasteiger partial charge is 0.243 e. The first-order valence-electron chi connectivity index (χ1n) is 10.5. The molecule has 1 amide bonds. The third-order valence-corrected chi connectivity index (χ3v) is 8.16. The minimum Gasteiger partial charge on any atom is -0.494 e. The van der Waals surface area contributed by atoms with Crippen LogP contribution in [-0.4, -0.2) is 53.0 Å². The Bertz CT molecular complexity index is 1140. The molecule has 0 aliphatic carbocycles. The number of piperidine rings is 1. The van der Waals surface area contributed by atoms with Crippen LogP contribution in [0.3, 0.4) is 0 Å². The van der Waals surface area contributed by atoms with Gasteiger partial charge in [0.15, 0.2) is 9.84 Å². The van der Waals surface area contributed by atoms with E-state index < -0.39 is 19.9 Å². The number of benzene rings is 2. The number of hydrogen-bond donors (Lipinski definition) is 1. The van der Waals surface area contributed by atoms with E-state index in [2.05, 4.69) is 5.32 Å². The molecule has 1 aliphatic heterocycles. The Morgan fingerprint density at radius 1 is 0.969 bits per heavy atom. The predicted octanol–water partition coefficient (Wildman–Crippen LogP) is 3.06. The van der Waals surface area contributed by atoms with Crippen molar-refractivity contribution in [2.75, 3.05) is 31.3 Å². The summed E-state index contributed by atoms with van der Waals surface area (Å²) in [7, 11) is -6.81. The monoisotopic (exact) mass is 480 g/mol. The van der Waals surface area contributed by atoms with Crippen molar-refractivity contribution in [2.24, 2.45) is 0 Å². The van der Waals surface area contributed by atoms with Crippen molar-refractivity contribution in [1.82, 2.24) is 4.31 Å². The van der Waals surface area contributed by atoms with E-state index in [9.17, 15) is 21.6 Å². The Morgan fingerprint density at radius 2 is 1.66 bits per heavy atom. The van der Waals surface area contributed by atoms with Gasteiger partial charge in [-0.05, 0) is 61.7 Å². The fourth-order valence-corrected chi connectivity index (χ4v) is 5.61. The molecule has 0 aromatic heterocycles. The Hall–Kier alpha value is -2.43. The topological polar surface area (TPSA) is 110 Å². The Balaban J connectivity index is 1.48. The lowest BCUT2D eigenvalue weighted by atomic mass is 10.2. The zero-order valence-electron chi connectivity index (χ0n) is 18.0. The molecule has 1 fully saturated rings. The van der Waals surface area contributed by atoms with Crippen LogP contribution < -0.4 is 10.1 Å². The summed E-state index contributed by atoms with van der Waals surface area (Å²) in [4.78, 5) is 12.6. The molecule has 3 rings (SSSR count). The van der Waals surface area contributed by atoms with Gasteiger partial charge in [0.05, 0.1) is 16.4 Å². The molecule has 0 radical (unpaired) electrons. The Labute approximate surface area is 189 Å². The lowest BCUT2D eigenvalue weighted by molar-refractivity contribution is -0.116. The van der Waals surface area contributed by atoms with Crippen LogP contribution in [0, 0.1) is 0 Å². The van der Waals surface area contributed by atoms with Crippen LogP contribution in [0.25, 0.3) is 0 Å². The number of ether oxygens (including phenoxy) is 1. The molecule has 0 spiro atoms. The number of carbonyl (C=O) groups excluding carboxylic acids is 1. The SMILES string of the molecule is CS(=O)(=O)c1ccc(OCCCC(=O)Nc2cccc(S(=O)(=O)N3CCCCC3)c2)cc1. The number of nitrogens with one attached hydrogen (secondary N) is 1. The summed E-state index contributed by atoms with van der Waals surface area (Å²) in [5.74, 6) is 0.280. The molecule has 8 nitrogen and oxygen atoms in total. The van der Waals surface area contributed by atoms with E-state index in [-0.39, 0.29) is 28.7 Å². The third-order valence-electron chi connectivity index (χ3n) is 5.14. The van der Waals surface area contributed by atoms with Crippen LogP contribution in [-0.2, 0) is 24.7 Å². The molecule has 2 aromatic carbocycles. The fraction of sp³-hybridized carbons (Fsp3) is 0.409. The van der Waals surface area contributed by atoms with Crippen molar-refractivity contribution in [3.8, 4) is 5.75 Å². The lowest BCUT2D eigenvalue weighted by Gasteiger charge is -2.26. The van der Waals surface area contributed by atoms with Gasteiger partial charge in [0, 0.05) is 31.5 Å². The number of nitrogens with zero attached hydrogens (tertiary/aromatic N) is 1. The van der Waals surface area contributed by atoms with Crippen LogP contribution in [0.2, 0.25) is 0 Å². The quantitative estimate of drug-likeness (QED) is 0.553. The molecule has 10 heteroatoms. The number of amides is 1. The highest BCUT2D eigenvalue weighted by Crippen LogP contribution is 2.23. The normalized spacial score (nSPS) is 15.3. The maximum absolute atomic E-state index is 12.8. The summed E-state index contributed by atoms with van der Waals surface area (Å²) in [6.45, 7) is 1.33. The van der Waals surface area contributed by atoms with Gasteiger partial charge in [0.25, 0.3) is 0 Å². The number of carbonyl (C=O) groups is 1. The third kappa shape index (κ3) is 6.54. The molecule has 1 aliphatic rings. The summed E-state index contributed by atoms with van der Waals surface area (Å²) in [6, 6.07) is 12.4. The van der Waals surface area contributed by atoms with E-state index in [1.165, 1.54) is 22.5 Å². The molecule has 32 heavy (non-hydrogen) atoms. The van der Waals surface area contributed by atoms with E-state index in [4.69, 9.17) is 4.74 Å².